The summed E-state index contributed by atoms with van der Waals surface area (Å²) >= 11 is 1.55. The highest BCUT2D eigenvalue weighted by atomic mass is 32.2. The molecule has 0 spiro atoms. The maximum atomic E-state index is 11.1. The number of hydrogen-bond acceptors (Lipinski definition) is 3. The molecule has 1 aromatic carbocycles. The number of rotatable bonds is 6. The van der Waals surface area contributed by atoms with Crippen molar-refractivity contribution in [1.82, 2.24) is 0 Å². The normalized spacial score (nSPS) is 12.5. The van der Waals surface area contributed by atoms with Crippen LogP contribution in [0.25, 0.3) is 4.91 Å². The van der Waals surface area contributed by atoms with Crippen LogP contribution in [0.15, 0.2) is 34.8 Å². The lowest BCUT2D eigenvalue weighted by molar-refractivity contribution is -0.117. The highest BCUT2D eigenvalue weighted by Gasteiger charge is 2.09. The Balaban J connectivity index is 3.07. The lowest BCUT2D eigenvalue weighted by atomic mass is 10.1. The van der Waals surface area contributed by atoms with Gasteiger partial charge in [0.25, 0.3) is 0 Å². The van der Waals surface area contributed by atoms with Crippen LogP contribution in [-0.2, 0) is 4.79 Å². The number of amides is 1. The smallest absolute Gasteiger partial charge is 0.221 e. The highest BCUT2D eigenvalue weighted by Crippen LogP contribution is 2.32. The zero-order valence-corrected chi connectivity index (χ0v) is 12.0. The largest absolute Gasteiger partial charge is 0.390 e. The molecule has 0 bridgehead atoms. The lowest BCUT2D eigenvalue weighted by Gasteiger charge is -2.11. The van der Waals surface area contributed by atoms with E-state index in [9.17, 15) is 4.79 Å². The van der Waals surface area contributed by atoms with Gasteiger partial charge in [-0.05, 0) is 25.0 Å². The number of benzene rings is 1. The van der Waals surface area contributed by atoms with E-state index < -0.39 is 0 Å². The van der Waals surface area contributed by atoms with Crippen molar-refractivity contribution in [2.45, 2.75) is 20.3 Å². The van der Waals surface area contributed by atoms with Gasteiger partial charge in [0.05, 0.1) is 12.2 Å². The number of nitrogens with two attached hydrogens (primary N) is 2. The lowest BCUT2D eigenvalue weighted by Crippen LogP contribution is -2.10. The van der Waals surface area contributed by atoms with Gasteiger partial charge in [0, 0.05) is 11.3 Å². The molecule has 0 saturated heterocycles. The average molecular weight is 277 g/mol. The molecule has 102 valence electrons. The SMILES string of the molecule is C/C(CC(N)=O)=C(/SC/N=C/N)c1cccc(C)c1. The maximum Gasteiger partial charge on any atom is 0.221 e. The molecular weight excluding hydrogens is 258 g/mol. The summed E-state index contributed by atoms with van der Waals surface area (Å²) in [4.78, 5) is 16.1. The fourth-order valence-electron chi connectivity index (χ4n) is 1.73. The minimum atomic E-state index is -0.328. The molecule has 1 amide bonds. The molecule has 0 aliphatic carbocycles. The molecule has 4 N–H and O–H groups in total. The number of aliphatic imine (C=N–C) groups is 1. The van der Waals surface area contributed by atoms with Crippen LogP contribution in [-0.4, -0.2) is 18.1 Å². The molecule has 0 aromatic heterocycles. The summed E-state index contributed by atoms with van der Waals surface area (Å²) in [5.74, 6) is 0.196. The molecule has 0 saturated carbocycles. The Labute approximate surface area is 118 Å². The van der Waals surface area contributed by atoms with Gasteiger partial charge in [-0.25, -0.2) is 0 Å². The van der Waals surface area contributed by atoms with Crippen molar-refractivity contribution < 1.29 is 4.79 Å². The number of primary amides is 1. The van der Waals surface area contributed by atoms with E-state index in [-0.39, 0.29) is 12.3 Å². The number of carbonyl (C=O) groups excluding carboxylic acids is 1. The monoisotopic (exact) mass is 277 g/mol. The molecule has 1 rings (SSSR count). The second kappa shape index (κ2) is 7.63. The second-order valence-electron chi connectivity index (χ2n) is 4.23. The number of thioether (sulfide) groups is 1. The quantitative estimate of drug-likeness (QED) is 0.618. The van der Waals surface area contributed by atoms with Crippen molar-refractivity contribution in [2.75, 3.05) is 5.88 Å². The Hall–Kier alpha value is -1.75. The average Bonchev–Trinajstić information content (AvgIpc) is 2.33. The summed E-state index contributed by atoms with van der Waals surface area (Å²) in [6.07, 6.45) is 1.53. The predicted octanol–water partition coefficient (Wildman–Crippen LogP) is 2.28. The Morgan fingerprint density at radius 1 is 1.47 bits per heavy atom. The summed E-state index contributed by atoms with van der Waals surface area (Å²) in [7, 11) is 0. The van der Waals surface area contributed by atoms with Crippen LogP contribution in [0.3, 0.4) is 0 Å². The van der Waals surface area contributed by atoms with Crippen molar-refractivity contribution in [2.24, 2.45) is 16.5 Å². The van der Waals surface area contributed by atoms with Gasteiger partial charge in [-0.2, -0.15) is 0 Å². The molecule has 0 radical (unpaired) electrons. The molecule has 0 heterocycles. The molecule has 1 aromatic rings. The topological polar surface area (TPSA) is 81.5 Å². The third-order valence-electron chi connectivity index (χ3n) is 2.50. The number of carbonyl (C=O) groups is 1. The van der Waals surface area contributed by atoms with E-state index in [0.717, 1.165) is 16.0 Å². The van der Waals surface area contributed by atoms with Crippen molar-refractivity contribution in [3.8, 4) is 0 Å². The number of hydrogen-bond donors (Lipinski definition) is 2. The third kappa shape index (κ3) is 5.18. The Bertz CT molecular complexity index is 509. The van der Waals surface area contributed by atoms with Crippen LogP contribution in [0, 0.1) is 6.92 Å². The van der Waals surface area contributed by atoms with Crippen molar-refractivity contribution >= 4 is 28.9 Å². The van der Waals surface area contributed by atoms with Crippen LogP contribution in [0.2, 0.25) is 0 Å². The predicted molar refractivity (Wildman–Crippen MR) is 82.7 cm³/mol. The van der Waals surface area contributed by atoms with Crippen LogP contribution >= 0.6 is 11.8 Å². The van der Waals surface area contributed by atoms with Gasteiger partial charge in [0.2, 0.25) is 5.91 Å². The summed E-state index contributed by atoms with van der Waals surface area (Å²) in [5, 5.41) is 0. The Morgan fingerprint density at radius 3 is 2.79 bits per heavy atom. The van der Waals surface area contributed by atoms with Gasteiger partial charge in [-0.1, -0.05) is 29.8 Å². The van der Waals surface area contributed by atoms with Gasteiger partial charge in [0.15, 0.2) is 0 Å². The third-order valence-corrected chi connectivity index (χ3v) is 3.65. The first-order valence-corrected chi connectivity index (χ1v) is 6.91. The zero-order chi connectivity index (χ0) is 14.3. The van der Waals surface area contributed by atoms with E-state index in [1.807, 2.05) is 32.0 Å². The molecule has 19 heavy (non-hydrogen) atoms. The van der Waals surface area contributed by atoms with E-state index in [1.54, 1.807) is 11.8 Å². The molecule has 0 fully saturated rings. The maximum absolute atomic E-state index is 11.1. The van der Waals surface area contributed by atoms with E-state index in [1.165, 1.54) is 11.9 Å². The van der Waals surface area contributed by atoms with Crippen molar-refractivity contribution in [3.05, 3.63) is 41.0 Å². The molecule has 0 aliphatic heterocycles. The van der Waals surface area contributed by atoms with Crippen LogP contribution in [0.1, 0.15) is 24.5 Å². The Kier molecular flexibility index (Phi) is 6.15. The number of nitrogens with zero attached hydrogens (tertiary/aromatic N) is 1. The fourth-order valence-corrected chi connectivity index (χ4v) is 2.63. The van der Waals surface area contributed by atoms with Crippen molar-refractivity contribution in [3.63, 3.8) is 0 Å². The minimum absolute atomic E-state index is 0.253. The van der Waals surface area contributed by atoms with E-state index in [2.05, 4.69) is 11.1 Å². The first-order valence-electron chi connectivity index (χ1n) is 5.92. The standard InChI is InChI=1S/C14H19N3OS/c1-10-4-3-5-12(6-10)14(19-9-17-8-15)11(2)7-13(16)18/h3-6,8H,7,9H2,1-2H3,(H2,15,17)(H2,16,18)/b14-11-. The first-order chi connectivity index (χ1) is 9.04. The highest BCUT2D eigenvalue weighted by molar-refractivity contribution is 8.08. The van der Waals surface area contributed by atoms with E-state index in [4.69, 9.17) is 11.5 Å². The number of aryl methyl sites for hydroxylation is 1. The fraction of sp³-hybridized carbons (Fsp3) is 0.286. The zero-order valence-electron chi connectivity index (χ0n) is 11.2. The van der Waals surface area contributed by atoms with Crippen molar-refractivity contribution in [1.29, 1.82) is 0 Å². The summed E-state index contributed by atoms with van der Waals surface area (Å²) in [6, 6.07) is 8.13. The van der Waals surface area contributed by atoms with Gasteiger partial charge in [-0.15, -0.1) is 11.8 Å². The van der Waals surface area contributed by atoms with Crippen LogP contribution < -0.4 is 11.5 Å². The molecule has 0 atom stereocenters. The summed E-state index contributed by atoms with van der Waals surface area (Å²) in [5.41, 5.74) is 13.7. The van der Waals surface area contributed by atoms with Gasteiger partial charge in [-0.3, -0.25) is 9.79 Å². The van der Waals surface area contributed by atoms with E-state index >= 15 is 0 Å². The van der Waals surface area contributed by atoms with Crippen LogP contribution in [0.5, 0.6) is 0 Å². The molecule has 5 heteroatoms. The molecule has 0 unspecified atom stereocenters. The van der Waals surface area contributed by atoms with Gasteiger partial charge < -0.3 is 11.5 Å². The summed E-state index contributed by atoms with van der Waals surface area (Å²) < 4.78 is 0. The molecule has 0 aliphatic rings. The first kappa shape index (κ1) is 15.3. The summed E-state index contributed by atoms with van der Waals surface area (Å²) in [6.45, 7) is 3.95. The van der Waals surface area contributed by atoms with Gasteiger partial charge in [0.1, 0.15) is 0 Å². The Morgan fingerprint density at radius 2 is 2.21 bits per heavy atom. The van der Waals surface area contributed by atoms with Crippen LogP contribution in [0.4, 0.5) is 0 Å². The minimum Gasteiger partial charge on any atom is -0.390 e. The second-order valence-corrected chi connectivity index (χ2v) is 5.18. The van der Waals surface area contributed by atoms with Gasteiger partial charge >= 0.3 is 0 Å². The molecule has 4 nitrogen and oxygen atoms in total. The van der Waals surface area contributed by atoms with E-state index in [0.29, 0.717) is 5.88 Å². The molecular formula is C14H19N3OS.